The Balaban J connectivity index is 2.94. The third-order valence-electron chi connectivity index (χ3n) is 1.95. The van der Waals surface area contributed by atoms with Crippen molar-refractivity contribution in [3.05, 3.63) is 29.6 Å². The van der Waals surface area contributed by atoms with Gasteiger partial charge < -0.3 is 0 Å². The molecule has 3 heteroatoms. The van der Waals surface area contributed by atoms with E-state index in [0.29, 0.717) is 11.6 Å². The van der Waals surface area contributed by atoms with Crippen LogP contribution in [-0.2, 0) is 5.41 Å². The van der Waals surface area contributed by atoms with Crippen LogP contribution in [0, 0.1) is 0 Å². The fourth-order valence-corrected chi connectivity index (χ4v) is 1.21. The molecule has 1 rings (SSSR count). The van der Waals surface area contributed by atoms with Gasteiger partial charge in [-0.1, -0.05) is 29.2 Å². The van der Waals surface area contributed by atoms with Crippen LogP contribution in [0.1, 0.15) is 37.9 Å². The predicted molar refractivity (Wildman–Crippen MR) is 56.5 cm³/mol. The molecule has 72 valence electrons. The van der Waals surface area contributed by atoms with Crippen molar-refractivity contribution in [1.29, 1.82) is 0 Å². The lowest BCUT2D eigenvalue weighted by Gasteiger charge is -2.14. The summed E-state index contributed by atoms with van der Waals surface area (Å²) in [5.41, 5.74) is 1.60. The number of hydrogen-bond acceptors (Lipinski definition) is 1. The highest BCUT2D eigenvalue weighted by Crippen LogP contribution is 2.31. The number of aromatic nitrogens is 1. The summed E-state index contributed by atoms with van der Waals surface area (Å²) in [5.74, 6) is 0.442. The normalized spacial score (nSPS) is 15.8. The maximum absolute atomic E-state index is 13.4. The smallest absolute Gasteiger partial charge is 0.162 e. The van der Waals surface area contributed by atoms with Gasteiger partial charge in [0.2, 0.25) is 0 Å². The van der Waals surface area contributed by atoms with Crippen LogP contribution in [0.3, 0.4) is 0 Å². The first-order chi connectivity index (χ1) is 5.91. The summed E-state index contributed by atoms with van der Waals surface area (Å²) < 4.78 is 13.4. The van der Waals surface area contributed by atoms with Gasteiger partial charge in [0.05, 0.1) is 5.69 Å². The third-order valence-corrected chi connectivity index (χ3v) is 2.25. The van der Waals surface area contributed by atoms with Crippen LogP contribution in [-0.4, -0.2) is 4.98 Å². The summed E-state index contributed by atoms with van der Waals surface area (Å²) in [6, 6.07) is 3.66. The molecule has 0 N–H and O–H groups in total. The van der Waals surface area contributed by atoms with Crippen molar-refractivity contribution in [1.82, 2.24) is 4.98 Å². The van der Waals surface area contributed by atoms with Gasteiger partial charge in [-0.05, 0) is 24.5 Å². The lowest BCUT2D eigenvalue weighted by atomic mass is 10.1. The molecule has 0 saturated heterocycles. The second-order valence-corrected chi connectivity index (χ2v) is 4.79. The molecule has 0 radical (unpaired) electrons. The van der Waals surface area contributed by atoms with E-state index >= 15 is 0 Å². The van der Waals surface area contributed by atoms with Gasteiger partial charge in [-0.25, -0.2) is 4.39 Å². The van der Waals surface area contributed by atoms with E-state index in [9.17, 15) is 4.39 Å². The van der Waals surface area contributed by atoms with Crippen molar-refractivity contribution in [2.45, 2.75) is 32.1 Å². The number of nitrogens with zero attached hydrogens (tertiary/aromatic N) is 1. The Bertz CT molecular complexity index is 274. The number of alkyl halides is 1. The Kier molecular flexibility index (Phi) is 3.02. The molecule has 13 heavy (non-hydrogen) atoms. The summed E-state index contributed by atoms with van der Waals surface area (Å²) in [6.07, 6.45) is 1.74. The van der Waals surface area contributed by atoms with Gasteiger partial charge >= 0.3 is 0 Å². The molecular weight excluding hydrogens is 184 g/mol. The first-order valence-electron chi connectivity index (χ1n) is 4.35. The molecule has 0 aromatic carbocycles. The highest BCUT2D eigenvalue weighted by Gasteiger charge is 2.20. The maximum atomic E-state index is 13.4. The standard InChI is InChI=1S/C10H15FNP/c1-7(2)8-4-5-9(12-6-8)10(3,11)13/h4-7H,13H2,1-3H3. The quantitative estimate of drug-likeness (QED) is 0.666. The van der Waals surface area contributed by atoms with Gasteiger partial charge in [-0.2, -0.15) is 0 Å². The van der Waals surface area contributed by atoms with Crippen molar-refractivity contribution < 1.29 is 4.39 Å². The molecule has 1 heterocycles. The van der Waals surface area contributed by atoms with Crippen molar-refractivity contribution in [2.24, 2.45) is 0 Å². The van der Waals surface area contributed by atoms with Crippen molar-refractivity contribution in [3.63, 3.8) is 0 Å². The van der Waals surface area contributed by atoms with Crippen LogP contribution >= 0.6 is 9.24 Å². The van der Waals surface area contributed by atoms with Crippen LogP contribution < -0.4 is 0 Å². The Morgan fingerprint density at radius 2 is 2.08 bits per heavy atom. The van der Waals surface area contributed by atoms with E-state index in [-0.39, 0.29) is 0 Å². The average Bonchev–Trinajstić information content (AvgIpc) is 2.03. The van der Waals surface area contributed by atoms with Crippen molar-refractivity contribution in [3.8, 4) is 0 Å². The highest BCUT2D eigenvalue weighted by atomic mass is 31.0. The van der Waals surface area contributed by atoms with Crippen LogP contribution in [0.5, 0.6) is 0 Å². The minimum Gasteiger partial charge on any atom is -0.257 e. The molecule has 0 amide bonds. The summed E-state index contributed by atoms with van der Waals surface area (Å²) in [4.78, 5) is 4.08. The minimum atomic E-state index is -1.42. The van der Waals surface area contributed by atoms with E-state index in [2.05, 4.69) is 28.1 Å². The molecule has 0 aliphatic heterocycles. The summed E-state index contributed by atoms with van der Waals surface area (Å²) in [7, 11) is 2.14. The van der Waals surface area contributed by atoms with E-state index in [1.165, 1.54) is 6.92 Å². The average molecular weight is 199 g/mol. The predicted octanol–water partition coefficient (Wildman–Crippen LogP) is 3.22. The number of rotatable bonds is 2. The van der Waals surface area contributed by atoms with Crippen LogP contribution in [0.25, 0.3) is 0 Å². The SMILES string of the molecule is CC(C)c1ccc(C(C)(F)P)nc1. The number of pyridine rings is 1. The molecular formula is C10H15FNP. The van der Waals surface area contributed by atoms with E-state index < -0.39 is 5.41 Å². The van der Waals surface area contributed by atoms with Gasteiger partial charge in [0.1, 0.15) is 0 Å². The zero-order valence-corrected chi connectivity index (χ0v) is 9.37. The zero-order chi connectivity index (χ0) is 10.1. The Hall–Kier alpha value is -0.490. The Labute approximate surface area is 81.0 Å². The molecule has 0 aliphatic carbocycles. The zero-order valence-electron chi connectivity index (χ0n) is 8.21. The number of halogens is 1. The van der Waals surface area contributed by atoms with Gasteiger partial charge in [-0.15, -0.1) is 0 Å². The highest BCUT2D eigenvalue weighted by molar-refractivity contribution is 7.18. The topological polar surface area (TPSA) is 12.9 Å². The summed E-state index contributed by atoms with van der Waals surface area (Å²) >= 11 is 0. The molecule has 1 nitrogen and oxygen atoms in total. The molecule has 0 bridgehead atoms. The number of hydrogen-bond donors (Lipinski definition) is 0. The monoisotopic (exact) mass is 199 g/mol. The summed E-state index contributed by atoms with van der Waals surface area (Å²) in [6.45, 7) is 5.66. The fraction of sp³-hybridized carbons (Fsp3) is 0.500. The van der Waals surface area contributed by atoms with E-state index in [1.54, 1.807) is 12.3 Å². The summed E-state index contributed by atoms with van der Waals surface area (Å²) in [5, 5.41) is -1.42. The van der Waals surface area contributed by atoms with E-state index in [1.807, 2.05) is 6.07 Å². The van der Waals surface area contributed by atoms with Crippen molar-refractivity contribution in [2.75, 3.05) is 0 Å². The molecule has 2 unspecified atom stereocenters. The third kappa shape index (κ3) is 2.73. The van der Waals surface area contributed by atoms with Gasteiger partial charge in [0.15, 0.2) is 5.41 Å². The maximum Gasteiger partial charge on any atom is 0.162 e. The molecule has 1 aromatic rings. The Morgan fingerprint density at radius 3 is 2.38 bits per heavy atom. The molecule has 0 fully saturated rings. The molecule has 2 atom stereocenters. The molecule has 0 aliphatic rings. The fourth-order valence-electron chi connectivity index (χ4n) is 1.04. The lowest BCUT2D eigenvalue weighted by Crippen LogP contribution is -2.07. The van der Waals surface area contributed by atoms with E-state index in [0.717, 1.165) is 5.56 Å². The Morgan fingerprint density at radius 1 is 1.46 bits per heavy atom. The molecule has 1 aromatic heterocycles. The first kappa shape index (κ1) is 10.6. The first-order valence-corrected chi connectivity index (χ1v) is 4.93. The largest absolute Gasteiger partial charge is 0.257 e. The second-order valence-electron chi connectivity index (χ2n) is 3.71. The van der Waals surface area contributed by atoms with Gasteiger partial charge in [-0.3, -0.25) is 4.98 Å². The second kappa shape index (κ2) is 3.71. The minimum absolute atomic E-state index is 0.442. The molecule has 0 spiro atoms. The van der Waals surface area contributed by atoms with E-state index in [4.69, 9.17) is 0 Å². The molecule has 0 saturated carbocycles. The van der Waals surface area contributed by atoms with Gasteiger partial charge in [0.25, 0.3) is 0 Å². The lowest BCUT2D eigenvalue weighted by molar-refractivity contribution is 0.315. The van der Waals surface area contributed by atoms with Crippen LogP contribution in [0.15, 0.2) is 18.3 Å². The van der Waals surface area contributed by atoms with Crippen LogP contribution in [0.4, 0.5) is 4.39 Å². The van der Waals surface area contributed by atoms with Gasteiger partial charge in [0, 0.05) is 6.20 Å². The van der Waals surface area contributed by atoms with Crippen LogP contribution in [0.2, 0.25) is 0 Å². The van der Waals surface area contributed by atoms with Crippen molar-refractivity contribution >= 4 is 9.24 Å².